The van der Waals surface area contributed by atoms with Gasteiger partial charge in [-0.2, -0.15) is 12.6 Å². The van der Waals surface area contributed by atoms with Crippen LogP contribution >= 0.6 is 12.6 Å². The average molecular weight is 492 g/mol. The lowest BCUT2D eigenvalue weighted by Gasteiger charge is -2.35. The normalized spacial score (nSPS) is 16.2. The van der Waals surface area contributed by atoms with E-state index in [-0.39, 0.29) is 29.7 Å². The van der Waals surface area contributed by atoms with Crippen molar-refractivity contribution in [1.29, 1.82) is 0 Å². The van der Waals surface area contributed by atoms with Crippen molar-refractivity contribution in [3.05, 3.63) is 34.9 Å². The van der Waals surface area contributed by atoms with Gasteiger partial charge >= 0.3 is 6.09 Å². The molecule has 1 aromatic carbocycles. The van der Waals surface area contributed by atoms with Gasteiger partial charge in [-0.1, -0.05) is 31.5 Å². The Morgan fingerprint density at radius 2 is 1.79 bits per heavy atom. The van der Waals surface area contributed by atoms with Gasteiger partial charge in [0.2, 0.25) is 11.8 Å². The minimum absolute atomic E-state index is 0.0109. The van der Waals surface area contributed by atoms with Crippen LogP contribution in [-0.4, -0.2) is 52.3 Å². The smallest absolute Gasteiger partial charge is 0.408 e. The lowest BCUT2D eigenvalue weighted by Crippen LogP contribution is -2.55. The van der Waals surface area contributed by atoms with Gasteiger partial charge in [0.15, 0.2) is 0 Å². The van der Waals surface area contributed by atoms with Crippen LogP contribution in [-0.2, 0) is 14.3 Å². The Morgan fingerprint density at radius 3 is 2.29 bits per heavy atom. The topological polar surface area (TPSA) is 87.7 Å². The molecule has 0 spiro atoms. The van der Waals surface area contributed by atoms with Crippen molar-refractivity contribution < 1.29 is 19.1 Å². The quantitative estimate of drug-likeness (QED) is 0.422. The highest BCUT2D eigenvalue weighted by Crippen LogP contribution is 2.36. The first-order valence-corrected chi connectivity index (χ1v) is 12.8. The monoisotopic (exact) mass is 491 g/mol. The molecule has 7 nitrogen and oxygen atoms in total. The minimum atomic E-state index is -0.909. The van der Waals surface area contributed by atoms with Crippen molar-refractivity contribution in [2.75, 3.05) is 5.75 Å². The van der Waals surface area contributed by atoms with Crippen LogP contribution in [0, 0.1) is 13.8 Å². The SMILES string of the molecule is CCCC(C)NC(=O)C(c1ccc(C)c(C)c1)N(C(=O)C(CS)NC(=O)OC(C)(C)C)C1CC1. The molecule has 190 valence electrons. The molecule has 0 bridgehead atoms. The van der Waals surface area contributed by atoms with Gasteiger partial charge in [0.1, 0.15) is 17.7 Å². The summed E-state index contributed by atoms with van der Waals surface area (Å²) in [6.07, 6.45) is 2.75. The molecule has 1 aliphatic rings. The molecule has 0 aliphatic heterocycles. The molecule has 0 aromatic heterocycles. The first kappa shape index (κ1) is 28.0. The molecular weight excluding hydrogens is 450 g/mol. The summed E-state index contributed by atoms with van der Waals surface area (Å²) in [7, 11) is 0. The van der Waals surface area contributed by atoms with E-state index in [0.717, 1.165) is 42.4 Å². The highest BCUT2D eigenvalue weighted by Gasteiger charge is 2.44. The van der Waals surface area contributed by atoms with E-state index in [1.807, 2.05) is 39.0 Å². The first-order chi connectivity index (χ1) is 15.9. The summed E-state index contributed by atoms with van der Waals surface area (Å²) in [6.45, 7) is 13.3. The maximum Gasteiger partial charge on any atom is 0.408 e. The number of rotatable bonds is 10. The van der Waals surface area contributed by atoms with Gasteiger partial charge in [-0.25, -0.2) is 4.79 Å². The van der Waals surface area contributed by atoms with Crippen LogP contribution in [0.4, 0.5) is 4.79 Å². The van der Waals surface area contributed by atoms with Crippen LogP contribution in [0.2, 0.25) is 0 Å². The van der Waals surface area contributed by atoms with Crippen molar-refractivity contribution >= 4 is 30.5 Å². The predicted octanol–water partition coefficient (Wildman–Crippen LogP) is 4.46. The number of ether oxygens (including phenoxy) is 1. The number of nitrogens with zero attached hydrogens (tertiary/aromatic N) is 1. The zero-order chi connectivity index (χ0) is 25.6. The van der Waals surface area contributed by atoms with Gasteiger partial charge in [-0.15, -0.1) is 0 Å². The molecule has 8 heteroatoms. The molecule has 1 aromatic rings. The molecule has 3 unspecified atom stereocenters. The molecule has 34 heavy (non-hydrogen) atoms. The number of hydrogen-bond acceptors (Lipinski definition) is 5. The van der Waals surface area contributed by atoms with Crippen molar-refractivity contribution in [1.82, 2.24) is 15.5 Å². The Balaban J connectivity index is 2.40. The van der Waals surface area contributed by atoms with Gasteiger partial charge in [0.25, 0.3) is 0 Å². The fourth-order valence-electron chi connectivity index (χ4n) is 3.89. The second-order valence-electron chi connectivity index (χ2n) is 10.3. The number of carbonyl (C=O) groups is 3. The highest BCUT2D eigenvalue weighted by atomic mass is 32.1. The molecule has 3 atom stereocenters. The second kappa shape index (κ2) is 12.0. The summed E-state index contributed by atoms with van der Waals surface area (Å²) in [5, 5.41) is 5.75. The maximum absolute atomic E-state index is 13.8. The molecule has 0 heterocycles. The van der Waals surface area contributed by atoms with Gasteiger partial charge in [0, 0.05) is 17.8 Å². The van der Waals surface area contributed by atoms with E-state index < -0.39 is 23.8 Å². The zero-order valence-electron chi connectivity index (χ0n) is 21.6. The van der Waals surface area contributed by atoms with Crippen LogP contribution in [0.1, 0.15) is 83.0 Å². The average Bonchev–Trinajstić information content (AvgIpc) is 3.55. The molecule has 0 saturated heterocycles. The Bertz CT molecular complexity index is 879. The molecule has 2 N–H and O–H groups in total. The number of hydrogen-bond donors (Lipinski definition) is 3. The summed E-state index contributed by atoms with van der Waals surface area (Å²) in [5.74, 6) is -0.445. The van der Waals surface area contributed by atoms with Crippen molar-refractivity contribution in [3.8, 4) is 0 Å². The van der Waals surface area contributed by atoms with Crippen molar-refractivity contribution in [3.63, 3.8) is 0 Å². The fraction of sp³-hybridized carbons (Fsp3) is 0.654. The van der Waals surface area contributed by atoms with E-state index in [2.05, 4.69) is 30.2 Å². The van der Waals surface area contributed by atoms with E-state index in [9.17, 15) is 14.4 Å². The molecule has 1 fully saturated rings. The summed E-state index contributed by atoms with van der Waals surface area (Å²) >= 11 is 4.33. The lowest BCUT2D eigenvalue weighted by atomic mass is 9.98. The summed E-state index contributed by atoms with van der Waals surface area (Å²) in [4.78, 5) is 41.4. The third kappa shape index (κ3) is 7.93. The summed E-state index contributed by atoms with van der Waals surface area (Å²) in [6, 6.07) is 4.10. The first-order valence-electron chi connectivity index (χ1n) is 12.2. The van der Waals surface area contributed by atoms with Gasteiger partial charge in [-0.3, -0.25) is 9.59 Å². The molecule has 3 amide bonds. The third-order valence-electron chi connectivity index (χ3n) is 5.85. The van der Waals surface area contributed by atoms with Crippen molar-refractivity contribution in [2.45, 2.75) is 104 Å². The van der Waals surface area contributed by atoms with Crippen LogP contribution in [0.5, 0.6) is 0 Å². The second-order valence-corrected chi connectivity index (χ2v) is 10.7. The van der Waals surface area contributed by atoms with Crippen LogP contribution in [0.15, 0.2) is 18.2 Å². The van der Waals surface area contributed by atoms with E-state index in [1.54, 1.807) is 25.7 Å². The molecular formula is C26H41N3O4S. The van der Waals surface area contributed by atoms with Gasteiger partial charge in [0.05, 0.1) is 0 Å². The Kier molecular flexibility index (Phi) is 9.85. The minimum Gasteiger partial charge on any atom is -0.444 e. The lowest BCUT2D eigenvalue weighted by molar-refractivity contribution is -0.143. The summed E-state index contributed by atoms with van der Waals surface area (Å²) in [5.41, 5.74) is 2.24. The summed E-state index contributed by atoms with van der Waals surface area (Å²) < 4.78 is 5.34. The van der Waals surface area contributed by atoms with E-state index in [0.29, 0.717) is 0 Å². The Labute approximate surface area is 209 Å². The van der Waals surface area contributed by atoms with E-state index in [4.69, 9.17) is 4.74 Å². The Morgan fingerprint density at radius 1 is 1.15 bits per heavy atom. The largest absolute Gasteiger partial charge is 0.444 e. The maximum atomic E-state index is 13.8. The van der Waals surface area contributed by atoms with Crippen LogP contribution in [0.25, 0.3) is 0 Å². The fourth-order valence-corrected chi connectivity index (χ4v) is 4.13. The van der Waals surface area contributed by atoms with Crippen LogP contribution in [0.3, 0.4) is 0 Å². The number of nitrogens with one attached hydrogen (secondary N) is 2. The molecule has 1 saturated carbocycles. The van der Waals surface area contributed by atoms with Gasteiger partial charge in [-0.05, 0) is 77.5 Å². The Hall–Kier alpha value is -2.22. The molecule has 1 aliphatic carbocycles. The number of thiol groups is 1. The number of amides is 3. The van der Waals surface area contributed by atoms with E-state index in [1.165, 1.54) is 0 Å². The van der Waals surface area contributed by atoms with Gasteiger partial charge < -0.3 is 20.3 Å². The third-order valence-corrected chi connectivity index (χ3v) is 6.22. The van der Waals surface area contributed by atoms with Crippen LogP contribution < -0.4 is 10.6 Å². The molecule has 2 rings (SSSR count). The number of alkyl carbamates (subject to hydrolysis) is 1. The predicted molar refractivity (Wildman–Crippen MR) is 138 cm³/mol. The zero-order valence-corrected chi connectivity index (χ0v) is 22.5. The number of benzene rings is 1. The molecule has 0 radical (unpaired) electrons. The van der Waals surface area contributed by atoms with Crippen molar-refractivity contribution in [2.24, 2.45) is 0 Å². The highest BCUT2D eigenvalue weighted by molar-refractivity contribution is 7.80. The standard InChI is InChI=1S/C26H41N3O4S/c1-8-9-18(4)27-23(30)22(19-11-10-16(2)17(3)14-19)29(20-12-13-20)24(31)21(15-34)28-25(32)33-26(5,6)7/h10-11,14,18,20-22,34H,8-9,12-13,15H2,1-7H3,(H,27,30)(H,28,32). The number of aryl methyl sites for hydroxylation is 2. The van der Waals surface area contributed by atoms with E-state index >= 15 is 0 Å². The number of carbonyl (C=O) groups excluding carboxylic acids is 3.